The molecule has 1 aromatic carbocycles. The van der Waals surface area contributed by atoms with Crippen molar-refractivity contribution >= 4 is 53.6 Å². The van der Waals surface area contributed by atoms with Gasteiger partial charge in [-0.05, 0) is 38.5 Å². The predicted molar refractivity (Wildman–Crippen MR) is 173 cm³/mol. The molecule has 0 aromatic heterocycles. The summed E-state index contributed by atoms with van der Waals surface area (Å²) in [5, 5.41) is 14.7. The van der Waals surface area contributed by atoms with Gasteiger partial charge < -0.3 is 48.9 Å². The first-order valence-electron chi connectivity index (χ1n) is 15.4. The Morgan fingerprint density at radius 3 is 1.90 bits per heavy atom. The molecule has 1 aromatic rings. The number of methoxy groups -OCH3 is 1. The van der Waals surface area contributed by atoms with Crippen LogP contribution < -0.4 is 10.6 Å². The highest BCUT2D eigenvalue weighted by molar-refractivity contribution is 7.99. The standard InChI is InChI=1S/C32H44N2O15S/c1-16(35)44-14-24-25(45-17(2)36)26(46-18(3)37)27(47-19(4)38)30(48-24)50-15-23(29(41)43-8)33-28(40)22(34-31(42)49-32(5,6)7)13-20-9-11-21(39)12-10-20/h9-12,22-27,30,39H,13-15H2,1-8H3,(H,33,40)(H,34,42). The van der Waals surface area contributed by atoms with Crippen LogP contribution in [0.15, 0.2) is 24.3 Å². The monoisotopic (exact) mass is 728 g/mol. The normalized spacial score (nSPS) is 21.3. The number of thioether (sulfide) groups is 1. The van der Waals surface area contributed by atoms with Gasteiger partial charge in [-0.2, -0.15) is 0 Å². The zero-order valence-electron chi connectivity index (χ0n) is 29.0. The summed E-state index contributed by atoms with van der Waals surface area (Å²) in [7, 11) is 1.09. The fourth-order valence-electron chi connectivity index (χ4n) is 4.62. The Bertz CT molecular complexity index is 1380. The Morgan fingerprint density at radius 2 is 1.38 bits per heavy atom. The van der Waals surface area contributed by atoms with Crippen molar-refractivity contribution in [2.75, 3.05) is 19.5 Å². The van der Waals surface area contributed by atoms with Gasteiger partial charge in [0.1, 0.15) is 41.6 Å². The van der Waals surface area contributed by atoms with E-state index in [1.807, 2.05) is 0 Å². The Kier molecular flexibility index (Phi) is 15.8. The molecule has 278 valence electrons. The van der Waals surface area contributed by atoms with Gasteiger partial charge in [-0.25, -0.2) is 9.59 Å². The first kappa shape index (κ1) is 41.6. The minimum atomic E-state index is -1.44. The first-order chi connectivity index (χ1) is 23.3. The SMILES string of the molecule is COC(=O)C(CSC1OC(COC(C)=O)C(OC(C)=O)C(OC(C)=O)C1OC(C)=O)NC(=O)C(Cc1ccc(O)cc1)NC(=O)OC(C)(C)C. The van der Waals surface area contributed by atoms with Crippen molar-refractivity contribution in [3.05, 3.63) is 29.8 Å². The smallest absolute Gasteiger partial charge is 0.408 e. The number of nitrogens with one attached hydrogen (secondary N) is 2. The highest BCUT2D eigenvalue weighted by atomic mass is 32.2. The van der Waals surface area contributed by atoms with E-state index < -0.39 is 96.0 Å². The molecule has 1 fully saturated rings. The molecule has 17 nitrogen and oxygen atoms in total. The summed E-state index contributed by atoms with van der Waals surface area (Å²) in [5.74, 6) is -5.13. The number of aromatic hydroxyl groups is 1. The molecule has 7 unspecified atom stereocenters. The quantitative estimate of drug-likeness (QED) is 0.181. The number of ether oxygens (including phenoxy) is 7. The molecule has 0 bridgehead atoms. The Hall–Kier alpha value is -4.58. The highest BCUT2D eigenvalue weighted by Crippen LogP contribution is 2.35. The fraction of sp³-hybridized carbons (Fsp3) is 0.594. The van der Waals surface area contributed by atoms with Gasteiger partial charge in [0.2, 0.25) is 5.91 Å². The lowest BCUT2D eigenvalue weighted by Gasteiger charge is -2.44. The number of rotatable bonds is 14. The average molecular weight is 729 g/mol. The molecule has 1 heterocycles. The van der Waals surface area contributed by atoms with Gasteiger partial charge in [-0.15, -0.1) is 11.8 Å². The summed E-state index contributed by atoms with van der Waals surface area (Å²) in [6, 6.07) is 3.25. The molecule has 0 radical (unpaired) electrons. The van der Waals surface area contributed by atoms with Crippen LogP contribution in [0, 0.1) is 0 Å². The van der Waals surface area contributed by atoms with Crippen LogP contribution in [-0.2, 0) is 68.3 Å². The van der Waals surface area contributed by atoms with E-state index in [1.54, 1.807) is 32.9 Å². The zero-order chi connectivity index (χ0) is 37.8. The van der Waals surface area contributed by atoms with Crippen LogP contribution >= 0.6 is 11.8 Å². The largest absolute Gasteiger partial charge is 0.508 e. The Labute approximate surface area is 293 Å². The van der Waals surface area contributed by atoms with E-state index in [9.17, 15) is 38.7 Å². The summed E-state index contributed by atoms with van der Waals surface area (Å²) in [6.07, 6.45) is -6.43. The highest BCUT2D eigenvalue weighted by Gasteiger charge is 2.52. The molecule has 3 N–H and O–H groups in total. The van der Waals surface area contributed by atoms with Crippen LogP contribution in [-0.4, -0.2) is 114 Å². The second-order valence-corrected chi connectivity index (χ2v) is 13.2. The maximum Gasteiger partial charge on any atom is 0.408 e. The number of esters is 5. The summed E-state index contributed by atoms with van der Waals surface area (Å²) < 4.78 is 37.6. The minimum absolute atomic E-state index is 0.0140. The topological polar surface area (TPSA) is 228 Å². The lowest BCUT2D eigenvalue weighted by Crippen LogP contribution is -2.62. The number of alkyl carbamates (subject to hydrolysis) is 1. The van der Waals surface area contributed by atoms with Gasteiger partial charge in [0.25, 0.3) is 0 Å². The van der Waals surface area contributed by atoms with E-state index in [0.29, 0.717) is 5.56 Å². The van der Waals surface area contributed by atoms with Gasteiger partial charge >= 0.3 is 35.9 Å². The zero-order valence-corrected chi connectivity index (χ0v) is 29.9. The van der Waals surface area contributed by atoms with Crippen molar-refractivity contribution in [1.82, 2.24) is 10.6 Å². The molecule has 0 spiro atoms. The van der Waals surface area contributed by atoms with Gasteiger partial charge in [-0.1, -0.05) is 12.1 Å². The second-order valence-electron chi connectivity index (χ2n) is 12.1. The number of benzene rings is 1. The van der Waals surface area contributed by atoms with E-state index in [-0.39, 0.29) is 17.9 Å². The fourth-order valence-corrected chi connectivity index (χ4v) is 5.85. The van der Waals surface area contributed by atoms with Gasteiger partial charge in [-0.3, -0.25) is 24.0 Å². The third-order valence-electron chi connectivity index (χ3n) is 6.56. The Balaban J connectivity index is 2.41. The molecule has 1 saturated heterocycles. The molecule has 0 saturated carbocycles. The number of carbonyl (C=O) groups excluding carboxylic acids is 7. The number of hydrogen-bond donors (Lipinski definition) is 3. The van der Waals surface area contributed by atoms with Crippen LogP contribution in [0.4, 0.5) is 4.79 Å². The molecule has 1 aliphatic rings. The third-order valence-corrected chi connectivity index (χ3v) is 7.79. The molecule has 7 atom stereocenters. The number of phenolic OH excluding ortho intramolecular Hbond substituents is 1. The van der Waals surface area contributed by atoms with Gasteiger partial charge in [0, 0.05) is 39.9 Å². The summed E-state index contributed by atoms with van der Waals surface area (Å²) in [6.45, 7) is 8.85. The van der Waals surface area contributed by atoms with Gasteiger partial charge in [0.05, 0.1) is 7.11 Å². The van der Waals surface area contributed by atoms with Crippen molar-refractivity contribution in [3.8, 4) is 5.75 Å². The van der Waals surface area contributed by atoms with Crippen LogP contribution in [0.2, 0.25) is 0 Å². The van der Waals surface area contributed by atoms with Crippen molar-refractivity contribution < 1.29 is 71.8 Å². The van der Waals surface area contributed by atoms with E-state index in [1.165, 1.54) is 12.1 Å². The van der Waals surface area contributed by atoms with E-state index in [0.717, 1.165) is 46.6 Å². The average Bonchev–Trinajstić information content (AvgIpc) is 2.99. The number of carbonyl (C=O) groups is 7. The number of amides is 2. The van der Waals surface area contributed by atoms with Crippen LogP contribution in [0.3, 0.4) is 0 Å². The lowest BCUT2D eigenvalue weighted by atomic mass is 9.99. The summed E-state index contributed by atoms with van der Waals surface area (Å²) in [5.41, 5.74) is -1.58. The van der Waals surface area contributed by atoms with Crippen molar-refractivity contribution in [2.45, 2.75) is 102 Å². The Morgan fingerprint density at radius 1 is 0.820 bits per heavy atom. The van der Waals surface area contributed by atoms with E-state index in [2.05, 4.69) is 10.6 Å². The maximum absolute atomic E-state index is 13.6. The summed E-state index contributed by atoms with van der Waals surface area (Å²) >= 11 is 0.843. The number of phenols is 1. The predicted octanol–water partition coefficient (Wildman–Crippen LogP) is 1.30. The molecular formula is C32H44N2O15S. The molecule has 1 aliphatic heterocycles. The van der Waals surface area contributed by atoms with Gasteiger partial charge in [0.15, 0.2) is 18.3 Å². The first-order valence-corrected chi connectivity index (χ1v) is 16.4. The summed E-state index contributed by atoms with van der Waals surface area (Å²) in [4.78, 5) is 87.2. The van der Waals surface area contributed by atoms with E-state index >= 15 is 0 Å². The van der Waals surface area contributed by atoms with Crippen molar-refractivity contribution in [3.63, 3.8) is 0 Å². The van der Waals surface area contributed by atoms with Crippen LogP contribution in [0.5, 0.6) is 5.75 Å². The number of hydrogen-bond acceptors (Lipinski definition) is 16. The molecule has 2 amide bonds. The third kappa shape index (κ3) is 14.1. The van der Waals surface area contributed by atoms with Crippen molar-refractivity contribution in [1.29, 1.82) is 0 Å². The molecular weight excluding hydrogens is 684 g/mol. The maximum atomic E-state index is 13.6. The van der Waals surface area contributed by atoms with Crippen molar-refractivity contribution in [2.24, 2.45) is 0 Å². The minimum Gasteiger partial charge on any atom is -0.508 e. The molecule has 18 heteroatoms. The molecule has 50 heavy (non-hydrogen) atoms. The van der Waals surface area contributed by atoms with Crippen LogP contribution in [0.25, 0.3) is 0 Å². The second kappa shape index (κ2) is 19.0. The van der Waals surface area contributed by atoms with E-state index in [4.69, 9.17) is 33.2 Å². The van der Waals surface area contributed by atoms with Crippen LogP contribution in [0.1, 0.15) is 54.0 Å². The molecule has 2 rings (SSSR count). The molecule has 0 aliphatic carbocycles. The lowest BCUT2D eigenvalue weighted by molar-refractivity contribution is -0.237.